The molecule has 84 valence electrons. The minimum absolute atomic E-state index is 0.661. The van der Waals surface area contributed by atoms with Gasteiger partial charge in [0.25, 0.3) is 0 Å². The monoisotopic (exact) mass is 316 g/mol. The molecule has 0 spiro atoms. The van der Waals surface area contributed by atoms with Gasteiger partial charge in [0.2, 0.25) is 0 Å². The van der Waals surface area contributed by atoms with Crippen molar-refractivity contribution in [2.75, 3.05) is 11.9 Å². The van der Waals surface area contributed by atoms with Crippen molar-refractivity contribution in [2.45, 2.75) is 6.54 Å². The molecule has 2 aromatic heterocycles. The Morgan fingerprint density at radius 1 is 1.56 bits per heavy atom. The van der Waals surface area contributed by atoms with Crippen LogP contribution < -0.4 is 4.90 Å². The summed E-state index contributed by atoms with van der Waals surface area (Å²) in [7, 11) is 1.99. The molecule has 0 saturated heterocycles. The first-order valence-corrected chi connectivity index (χ1v) is 6.76. The molecule has 0 aliphatic carbocycles. The van der Waals surface area contributed by atoms with Gasteiger partial charge in [-0.25, -0.2) is 4.98 Å². The van der Waals surface area contributed by atoms with E-state index in [-0.39, 0.29) is 0 Å². The Hall–Kier alpha value is -0.580. The van der Waals surface area contributed by atoms with E-state index in [1.165, 1.54) is 4.88 Å². The van der Waals surface area contributed by atoms with Gasteiger partial charge in [0.1, 0.15) is 5.82 Å². The van der Waals surface area contributed by atoms with Gasteiger partial charge in [-0.15, -0.1) is 11.3 Å². The smallest absolute Gasteiger partial charge is 0.147 e. The summed E-state index contributed by atoms with van der Waals surface area (Å²) in [5.41, 5.74) is 0. The highest BCUT2D eigenvalue weighted by Crippen LogP contribution is 2.26. The number of aromatic nitrogens is 1. The lowest BCUT2D eigenvalue weighted by atomic mass is 10.4. The van der Waals surface area contributed by atoms with Gasteiger partial charge in [-0.3, -0.25) is 0 Å². The Labute approximate surface area is 112 Å². The minimum atomic E-state index is 0.661. The highest BCUT2D eigenvalue weighted by Gasteiger charge is 2.09. The van der Waals surface area contributed by atoms with Crippen LogP contribution in [0, 0.1) is 0 Å². The lowest BCUT2D eigenvalue weighted by Crippen LogP contribution is -2.17. The fourth-order valence-corrected chi connectivity index (χ4v) is 2.93. The minimum Gasteiger partial charge on any atom is -0.353 e. The molecular formula is C11H10BrClN2S. The molecule has 0 unspecified atom stereocenters. The third-order valence-corrected chi connectivity index (χ3v) is 3.70. The van der Waals surface area contributed by atoms with Gasteiger partial charge in [-0.05, 0) is 33.4 Å². The van der Waals surface area contributed by atoms with E-state index in [1.54, 1.807) is 17.5 Å². The van der Waals surface area contributed by atoms with Crippen molar-refractivity contribution in [1.82, 2.24) is 4.98 Å². The molecule has 0 amide bonds. The fraction of sp³-hybridized carbons (Fsp3) is 0.182. The second-order valence-electron chi connectivity index (χ2n) is 3.39. The van der Waals surface area contributed by atoms with Gasteiger partial charge < -0.3 is 4.90 Å². The Kier molecular flexibility index (Phi) is 3.84. The van der Waals surface area contributed by atoms with Crippen LogP contribution in [0.3, 0.4) is 0 Å². The summed E-state index contributed by atoms with van der Waals surface area (Å²) >= 11 is 11.2. The standard InChI is InChI=1S/C11H10BrClN2S/c1-15(7-9-3-2-4-16-9)11-10(13)5-8(12)6-14-11/h2-6H,7H2,1H3. The van der Waals surface area contributed by atoms with Gasteiger partial charge in [0.05, 0.1) is 11.6 Å². The van der Waals surface area contributed by atoms with E-state index in [1.807, 2.05) is 24.1 Å². The van der Waals surface area contributed by atoms with E-state index in [2.05, 4.69) is 32.4 Å². The highest BCUT2D eigenvalue weighted by molar-refractivity contribution is 9.10. The molecule has 0 N–H and O–H groups in total. The molecule has 0 atom stereocenters. The number of anilines is 1. The predicted molar refractivity (Wildman–Crippen MR) is 73.4 cm³/mol. The SMILES string of the molecule is CN(Cc1cccs1)c1ncc(Br)cc1Cl. The second-order valence-corrected chi connectivity index (χ2v) is 5.75. The number of hydrogen-bond donors (Lipinski definition) is 0. The van der Waals surface area contributed by atoms with Gasteiger partial charge in [0.15, 0.2) is 0 Å². The van der Waals surface area contributed by atoms with Crippen molar-refractivity contribution < 1.29 is 0 Å². The summed E-state index contributed by atoms with van der Waals surface area (Å²) in [6.07, 6.45) is 1.76. The highest BCUT2D eigenvalue weighted by atomic mass is 79.9. The van der Waals surface area contributed by atoms with Gasteiger partial charge in [0, 0.05) is 22.6 Å². The molecule has 2 rings (SSSR count). The number of nitrogens with zero attached hydrogens (tertiary/aromatic N) is 2. The Bertz CT molecular complexity index is 473. The maximum Gasteiger partial charge on any atom is 0.147 e. The van der Waals surface area contributed by atoms with E-state index in [4.69, 9.17) is 11.6 Å². The van der Waals surface area contributed by atoms with Gasteiger partial charge in [-0.2, -0.15) is 0 Å². The first-order valence-electron chi connectivity index (χ1n) is 4.71. The average Bonchev–Trinajstić information content (AvgIpc) is 2.70. The van der Waals surface area contributed by atoms with E-state index in [0.29, 0.717) is 5.02 Å². The summed E-state index contributed by atoms with van der Waals surface area (Å²) in [6, 6.07) is 6.01. The van der Waals surface area contributed by atoms with Crippen LogP contribution in [-0.4, -0.2) is 12.0 Å². The molecule has 0 aromatic carbocycles. The average molecular weight is 318 g/mol. The predicted octanol–water partition coefficient (Wildman–Crippen LogP) is 4.20. The lowest BCUT2D eigenvalue weighted by molar-refractivity contribution is 0.912. The summed E-state index contributed by atoms with van der Waals surface area (Å²) in [4.78, 5) is 7.65. The first kappa shape index (κ1) is 11.9. The molecule has 2 nitrogen and oxygen atoms in total. The van der Waals surface area contributed by atoms with Gasteiger partial charge >= 0.3 is 0 Å². The van der Waals surface area contributed by atoms with Crippen LogP contribution in [0.2, 0.25) is 5.02 Å². The van der Waals surface area contributed by atoms with Crippen LogP contribution in [0.5, 0.6) is 0 Å². The molecule has 16 heavy (non-hydrogen) atoms. The quantitative estimate of drug-likeness (QED) is 0.843. The molecule has 5 heteroatoms. The van der Waals surface area contributed by atoms with Crippen LogP contribution in [-0.2, 0) is 6.54 Å². The first-order chi connectivity index (χ1) is 7.66. The lowest BCUT2D eigenvalue weighted by Gasteiger charge is -2.18. The molecule has 0 bridgehead atoms. The number of halogens is 2. The molecule has 0 radical (unpaired) electrons. The molecular weight excluding hydrogens is 308 g/mol. The number of hydrogen-bond acceptors (Lipinski definition) is 3. The van der Waals surface area contributed by atoms with E-state index in [0.717, 1.165) is 16.8 Å². The molecule has 0 aliphatic heterocycles. The summed E-state index contributed by atoms with van der Waals surface area (Å²) < 4.78 is 0.894. The third-order valence-electron chi connectivity index (χ3n) is 2.12. The third kappa shape index (κ3) is 2.75. The topological polar surface area (TPSA) is 16.1 Å². The second kappa shape index (κ2) is 5.17. The van der Waals surface area contributed by atoms with Crippen LogP contribution >= 0.6 is 38.9 Å². The molecule has 0 saturated carbocycles. The Morgan fingerprint density at radius 2 is 2.38 bits per heavy atom. The normalized spacial score (nSPS) is 10.4. The van der Waals surface area contributed by atoms with E-state index in [9.17, 15) is 0 Å². The van der Waals surface area contributed by atoms with Crippen molar-refractivity contribution in [1.29, 1.82) is 0 Å². The Balaban J connectivity index is 2.17. The van der Waals surface area contributed by atoms with Crippen molar-refractivity contribution in [3.8, 4) is 0 Å². The number of thiophene rings is 1. The Morgan fingerprint density at radius 3 is 3.00 bits per heavy atom. The summed E-state index contributed by atoms with van der Waals surface area (Å²) in [5, 5.41) is 2.73. The number of rotatable bonds is 3. The maximum absolute atomic E-state index is 6.13. The summed E-state index contributed by atoms with van der Waals surface area (Å²) in [6.45, 7) is 0.825. The van der Waals surface area contributed by atoms with Crippen molar-refractivity contribution >= 4 is 44.7 Å². The van der Waals surface area contributed by atoms with Crippen LogP contribution in [0.4, 0.5) is 5.82 Å². The number of pyridine rings is 1. The molecule has 2 aromatic rings. The van der Waals surface area contributed by atoms with Crippen LogP contribution in [0.1, 0.15) is 4.88 Å². The molecule has 0 aliphatic rings. The van der Waals surface area contributed by atoms with Crippen molar-refractivity contribution in [2.24, 2.45) is 0 Å². The van der Waals surface area contributed by atoms with E-state index < -0.39 is 0 Å². The zero-order chi connectivity index (χ0) is 11.5. The summed E-state index contributed by atoms with van der Waals surface area (Å²) in [5.74, 6) is 0.804. The van der Waals surface area contributed by atoms with Crippen molar-refractivity contribution in [3.63, 3.8) is 0 Å². The molecule has 2 heterocycles. The van der Waals surface area contributed by atoms with Crippen molar-refractivity contribution in [3.05, 3.63) is 44.1 Å². The van der Waals surface area contributed by atoms with Crippen LogP contribution in [0.25, 0.3) is 0 Å². The van der Waals surface area contributed by atoms with Crippen LogP contribution in [0.15, 0.2) is 34.2 Å². The zero-order valence-corrected chi connectivity index (χ0v) is 11.8. The molecule has 0 fully saturated rings. The van der Waals surface area contributed by atoms with E-state index >= 15 is 0 Å². The maximum atomic E-state index is 6.13. The fourth-order valence-electron chi connectivity index (χ4n) is 1.40. The zero-order valence-electron chi connectivity index (χ0n) is 8.65. The largest absolute Gasteiger partial charge is 0.353 e. The van der Waals surface area contributed by atoms with Gasteiger partial charge in [-0.1, -0.05) is 17.7 Å².